The van der Waals surface area contributed by atoms with Crippen LogP contribution in [0.2, 0.25) is 0 Å². The molecule has 2 aromatic carbocycles. The Morgan fingerprint density at radius 1 is 1.08 bits per heavy atom. The summed E-state index contributed by atoms with van der Waals surface area (Å²) in [6, 6.07) is 16.8. The standard InChI is InChI=1S/C26H23N9O/c1-15-10-11-34-22(15)26(36)35(19-6-4-3-5-7-19)25(33-34)16(2)31-24-21(23(27)28-14-29-24)17-8-9-18-13-30-32-20(18)12-17/h3-14,16H,1-2H3,(H,30,32)(H3,27,28,29,31)/t16-/m0/s1. The van der Waals surface area contributed by atoms with Crippen LogP contribution in [0.25, 0.3) is 33.2 Å². The van der Waals surface area contributed by atoms with Gasteiger partial charge in [-0.25, -0.2) is 14.5 Å². The van der Waals surface area contributed by atoms with Crippen molar-refractivity contribution in [3.63, 3.8) is 0 Å². The van der Waals surface area contributed by atoms with Crippen molar-refractivity contribution in [1.82, 2.24) is 34.3 Å². The van der Waals surface area contributed by atoms with Gasteiger partial charge in [0.15, 0.2) is 5.82 Å². The van der Waals surface area contributed by atoms with Gasteiger partial charge in [-0.15, -0.1) is 0 Å². The highest BCUT2D eigenvalue weighted by Gasteiger charge is 2.22. The van der Waals surface area contributed by atoms with E-state index in [4.69, 9.17) is 10.8 Å². The third-order valence-electron chi connectivity index (χ3n) is 6.28. The quantitative estimate of drug-likeness (QED) is 0.343. The van der Waals surface area contributed by atoms with Gasteiger partial charge in [0, 0.05) is 11.6 Å². The van der Waals surface area contributed by atoms with Gasteiger partial charge in [0.05, 0.1) is 29.0 Å². The average Bonchev–Trinajstić information content (AvgIpc) is 3.50. The molecule has 0 radical (unpaired) electrons. The van der Waals surface area contributed by atoms with E-state index in [2.05, 4.69) is 25.5 Å². The monoisotopic (exact) mass is 477 g/mol. The van der Waals surface area contributed by atoms with Crippen LogP contribution in [-0.2, 0) is 0 Å². The fourth-order valence-corrected chi connectivity index (χ4v) is 4.49. The highest BCUT2D eigenvalue weighted by atomic mass is 16.1. The van der Waals surface area contributed by atoms with Crippen molar-refractivity contribution < 1.29 is 0 Å². The number of fused-ring (bicyclic) bond motifs is 2. The number of nitrogen functional groups attached to an aromatic ring is 1. The van der Waals surface area contributed by atoms with Gasteiger partial charge in [0.1, 0.15) is 23.5 Å². The molecular formula is C26H23N9O. The summed E-state index contributed by atoms with van der Waals surface area (Å²) in [7, 11) is 0. The molecule has 4 aromatic heterocycles. The largest absolute Gasteiger partial charge is 0.383 e. The van der Waals surface area contributed by atoms with E-state index < -0.39 is 6.04 Å². The minimum Gasteiger partial charge on any atom is -0.383 e. The third-order valence-corrected chi connectivity index (χ3v) is 6.28. The zero-order valence-electron chi connectivity index (χ0n) is 19.7. The predicted octanol–water partition coefficient (Wildman–Crippen LogP) is 3.88. The molecule has 178 valence electrons. The van der Waals surface area contributed by atoms with E-state index in [0.717, 1.165) is 27.7 Å². The first-order valence-electron chi connectivity index (χ1n) is 11.5. The van der Waals surface area contributed by atoms with E-state index in [1.54, 1.807) is 21.5 Å². The molecule has 0 saturated heterocycles. The van der Waals surface area contributed by atoms with Crippen LogP contribution in [-0.4, -0.2) is 34.3 Å². The molecule has 0 unspecified atom stereocenters. The minimum atomic E-state index is -0.408. The molecule has 6 rings (SSSR count). The van der Waals surface area contributed by atoms with Crippen LogP contribution in [0.4, 0.5) is 11.6 Å². The molecule has 0 saturated carbocycles. The number of aromatic amines is 1. The van der Waals surface area contributed by atoms with Crippen LogP contribution in [0.15, 0.2) is 78.1 Å². The second-order valence-corrected chi connectivity index (χ2v) is 8.65. The summed E-state index contributed by atoms with van der Waals surface area (Å²) < 4.78 is 3.27. The van der Waals surface area contributed by atoms with Gasteiger partial charge in [-0.3, -0.25) is 14.5 Å². The van der Waals surface area contributed by atoms with Crippen LogP contribution in [0.1, 0.15) is 24.4 Å². The molecule has 0 aliphatic heterocycles. The van der Waals surface area contributed by atoms with Crippen molar-refractivity contribution in [2.45, 2.75) is 19.9 Å². The van der Waals surface area contributed by atoms with Crippen molar-refractivity contribution in [1.29, 1.82) is 0 Å². The normalized spacial score (nSPS) is 12.3. The fourth-order valence-electron chi connectivity index (χ4n) is 4.49. The number of aryl methyl sites for hydroxylation is 1. The maximum Gasteiger partial charge on any atom is 0.282 e. The Morgan fingerprint density at radius 3 is 2.75 bits per heavy atom. The van der Waals surface area contributed by atoms with E-state index in [1.807, 2.05) is 68.4 Å². The number of nitrogens with zero attached hydrogens (tertiary/aromatic N) is 6. The molecule has 6 aromatic rings. The second-order valence-electron chi connectivity index (χ2n) is 8.65. The van der Waals surface area contributed by atoms with E-state index >= 15 is 0 Å². The van der Waals surface area contributed by atoms with E-state index in [0.29, 0.717) is 28.5 Å². The maximum atomic E-state index is 13.6. The Labute approximate surface area is 205 Å². The van der Waals surface area contributed by atoms with Crippen LogP contribution in [0.5, 0.6) is 0 Å². The van der Waals surface area contributed by atoms with Gasteiger partial charge < -0.3 is 11.1 Å². The van der Waals surface area contributed by atoms with Crippen molar-refractivity contribution >= 4 is 28.1 Å². The van der Waals surface area contributed by atoms with Crippen molar-refractivity contribution in [3.05, 3.63) is 95.1 Å². The molecule has 1 atom stereocenters. The Kier molecular flexibility index (Phi) is 4.99. The summed E-state index contributed by atoms with van der Waals surface area (Å²) in [5.41, 5.74) is 10.7. The lowest BCUT2D eigenvalue weighted by molar-refractivity contribution is 0.672. The summed E-state index contributed by atoms with van der Waals surface area (Å²) in [4.78, 5) is 22.4. The molecule has 4 heterocycles. The van der Waals surface area contributed by atoms with Crippen LogP contribution in [0.3, 0.4) is 0 Å². The smallest absolute Gasteiger partial charge is 0.282 e. The summed E-state index contributed by atoms with van der Waals surface area (Å²) in [5, 5.41) is 16.3. The Balaban J connectivity index is 1.49. The third kappa shape index (κ3) is 3.47. The molecular weight excluding hydrogens is 454 g/mol. The zero-order chi connectivity index (χ0) is 24.8. The second kappa shape index (κ2) is 8.35. The highest BCUT2D eigenvalue weighted by molar-refractivity contribution is 5.90. The lowest BCUT2D eigenvalue weighted by atomic mass is 10.0. The number of H-pyrrole nitrogens is 1. The van der Waals surface area contributed by atoms with Gasteiger partial charge in [0.2, 0.25) is 0 Å². The molecule has 4 N–H and O–H groups in total. The first-order chi connectivity index (χ1) is 17.5. The van der Waals surface area contributed by atoms with Crippen molar-refractivity contribution in [2.24, 2.45) is 0 Å². The predicted molar refractivity (Wildman–Crippen MR) is 139 cm³/mol. The summed E-state index contributed by atoms with van der Waals surface area (Å²) in [5.74, 6) is 1.40. The number of anilines is 2. The molecule has 0 spiro atoms. The number of aromatic nitrogens is 7. The Bertz CT molecular complexity index is 1780. The molecule has 10 nitrogen and oxygen atoms in total. The van der Waals surface area contributed by atoms with Crippen LogP contribution in [0, 0.1) is 6.92 Å². The number of para-hydroxylation sites is 1. The zero-order valence-corrected chi connectivity index (χ0v) is 19.7. The van der Waals surface area contributed by atoms with Gasteiger partial charge in [-0.05, 0) is 49.2 Å². The molecule has 0 aliphatic rings. The number of nitrogens with one attached hydrogen (secondary N) is 2. The molecule has 36 heavy (non-hydrogen) atoms. The lowest BCUT2D eigenvalue weighted by Crippen LogP contribution is -2.29. The van der Waals surface area contributed by atoms with Gasteiger partial charge >= 0.3 is 0 Å². The van der Waals surface area contributed by atoms with Gasteiger partial charge in [-0.2, -0.15) is 10.2 Å². The van der Waals surface area contributed by atoms with Gasteiger partial charge in [0.25, 0.3) is 5.56 Å². The summed E-state index contributed by atoms with van der Waals surface area (Å²) in [6.45, 7) is 3.84. The summed E-state index contributed by atoms with van der Waals surface area (Å²) >= 11 is 0. The number of hydrogen-bond acceptors (Lipinski definition) is 7. The average molecular weight is 478 g/mol. The van der Waals surface area contributed by atoms with E-state index in [-0.39, 0.29) is 5.56 Å². The minimum absolute atomic E-state index is 0.144. The molecule has 10 heteroatoms. The van der Waals surface area contributed by atoms with Crippen molar-refractivity contribution in [2.75, 3.05) is 11.1 Å². The number of benzene rings is 2. The Morgan fingerprint density at radius 2 is 1.92 bits per heavy atom. The van der Waals surface area contributed by atoms with Crippen LogP contribution >= 0.6 is 0 Å². The maximum absolute atomic E-state index is 13.6. The first-order valence-corrected chi connectivity index (χ1v) is 11.5. The number of hydrogen-bond donors (Lipinski definition) is 3. The molecule has 0 fully saturated rings. The topological polar surface area (TPSA) is 132 Å². The number of rotatable bonds is 5. The molecule has 0 bridgehead atoms. The highest BCUT2D eigenvalue weighted by Crippen LogP contribution is 2.34. The fraction of sp³-hybridized carbons (Fsp3) is 0.115. The van der Waals surface area contributed by atoms with Crippen LogP contribution < -0.4 is 16.6 Å². The SMILES string of the molecule is Cc1ccn2nc([C@H](C)Nc3ncnc(N)c3-c3ccc4cn[nH]c4c3)n(-c3ccccc3)c(=O)c12. The summed E-state index contributed by atoms with van der Waals surface area (Å²) in [6.07, 6.45) is 4.98. The lowest BCUT2D eigenvalue weighted by Gasteiger charge is -2.21. The van der Waals surface area contributed by atoms with E-state index in [9.17, 15) is 4.79 Å². The molecule has 0 aliphatic carbocycles. The van der Waals surface area contributed by atoms with Crippen molar-refractivity contribution in [3.8, 4) is 16.8 Å². The number of nitrogens with two attached hydrogens (primary N) is 1. The first kappa shape index (κ1) is 21.5. The van der Waals surface area contributed by atoms with E-state index in [1.165, 1.54) is 6.33 Å². The molecule has 0 amide bonds. The van der Waals surface area contributed by atoms with Gasteiger partial charge in [-0.1, -0.05) is 30.3 Å². The Hall–Kier alpha value is -4.99.